The van der Waals surface area contributed by atoms with Crippen molar-refractivity contribution in [3.63, 3.8) is 0 Å². The molecule has 0 aromatic rings. The molecule has 5 nitrogen and oxygen atoms in total. The Balaban J connectivity index is 2.16. The van der Waals surface area contributed by atoms with Gasteiger partial charge in [0.05, 0.1) is 6.61 Å². The van der Waals surface area contributed by atoms with Crippen LogP contribution in [-0.2, 0) is 23.4 Å². The molecule has 132 valence electrons. The van der Waals surface area contributed by atoms with Crippen molar-refractivity contribution in [2.45, 2.75) is 82.6 Å². The zero-order chi connectivity index (χ0) is 17.7. The Morgan fingerprint density at radius 1 is 1.22 bits per heavy atom. The summed E-state index contributed by atoms with van der Waals surface area (Å²) in [5.41, 5.74) is -0.999. The maximum absolute atomic E-state index is 6.28. The molecule has 0 saturated carbocycles. The highest BCUT2D eigenvalue weighted by molar-refractivity contribution is 6.74. The summed E-state index contributed by atoms with van der Waals surface area (Å²) >= 11 is 0. The second-order valence-corrected chi connectivity index (χ2v) is 13.1. The van der Waals surface area contributed by atoms with E-state index in [0.29, 0.717) is 6.61 Å². The molecule has 2 aliphatic rings. The second kappa shape index (κ2) is 5.83. The Bertz CT molecular complexity index is 490. The quantitative estimate of drug-likeness (QED) is 0.581. The number of terminal acetylenes is 1. The second-order valence-electron chi connectivity index (χ2n) is 8.26. The molecule has 0 unspecified atom stereocenters. The zero-order valence-corrected chi connectivity index (χ0v) is 16.6. The molecule has 0 N–H and O–H groups in total. The van der Waals surface area contributed by atoms with Gasteiger partial charge < -0.3 is 23.4 Å². The van der Waals surface area contributed by atoms with Gasteiger partial charge in [-0.3, -0.25) is 0 Å². The fraction of sp³-hybridized carbons (Fsp3) is 0.882. The van der Waals surface area contributed by atoms with Crippen molar-refractivity contribution in [3.8, 4) is 12.3 Å². The predicted octanol–water partition coefficient (Wildman–Crippen LogP) is 2.90. The van der Waals surface area contributed by atoms with Crippen molar-refractivity contribution < 1.29 is 23.4 Å². The number of rotatable bonds is 4. The van der Waals surface area contributed by atoms with Crippen LogP contribution in [0.15, 0.2) is 0 Å². The number of ether oxygens (including phenoxy) is 4. The molecule has 0 amide bonds. The molecule has 6 heteroatoms. The van der Waals surface area contributed by atoms with Crippen molar-refractivity contribution >= 4 is 8.32 Å². The summed E-state index contributed by atoms with van der Waals surface area (Å²) in [5, 5.41) is 0.113. The largest absolute Gasteiger partial charge is 0.414 e. The average Bonchev–Trinajstić information content (AvgIpc) is 2.85. The van der Waals surface area contributed by atoms with E-state index in [2.05, 4.69) is 39.8 Å². The van der Waals surface area contributed by atoms with E-state index in [-0.39, 0.29) is 5.04 Å². The molecule has 0 aromatic heterocycles. The third-order valence-electron chi connectivity index (χ3n) is 5.22. The van der Waals surface area contributed by atoms with Crippen LogP contribution in [0, 0.1) is 12.3 Å². The van der Waals surface area contributed by atoms with E-state index < -0.39 is 38.2 Å². The molecule has 23 heavy (non-hydrogen) atoms. The third-order valence-corrected chi connectivity index (χ3v) is 9.72. The number of hydrogen-bond acceptors (Lipinski definition) is 5. The van der Waals surface area contributed by atoms with Crippen molar-refractivity contribution in [2.75, 3.05) is 13.7 Å². The SMILES string of the molecule is C#C[C@@]1(OC)[C@@H](CO[Si](C)(C)C(C)(C)C)O[C@@H]2OC(C)(C)O[C@@H]21. The molecule has 0 aliphatic carbocycles. The summed E-state index contributed by atoms with van der Waals surface area (Å²) in [6.45, 7) is 15.0. The molecular weight excluding hydrogens is 312 g/mol. The first kappa shape index (κ1) is 18.9. The normalized spacial score (nSPS) is 36.7. The van der Waals surface area contributed by atoms with Gasteiger partial charge in [0.15, 0.2) is 32.1 Å². The topological polar surface area (TPSA) is 46.2 Å². The smallest absolute Gasteiger partial charge is 0.192 e. The van der Waals surface area contributed by atoms with E-state index in [9.17, 15) is 0 Å². The van der Waals surface area contributed by atoms with Gasteiger partial charge in [-0.25, -0.2) is 0 Å². The summed E-state index contributed by atoms with van der Waals surface area (Å²) in [4.78, 5) is 0. The van der Waals surface area contributed by atoms with Gasteiger partial charge in [0, 0.05) is 7.11 Å². The Labute approximate surface area is 141 Å². The van der Waals surface area contributed by atoms with Crippen LogP contribution < -0.4 is 0 Å². The number of hydrogen-bond donors (Lipinski definition) is 0. The highest BCUT2D eigenvalue weighted by Crippen LogP contribution is 2.45. The molecule has 0 radical (unpaired) electrons. The average molecular weight is 343 g/mol. The van der Waals surface area contributed by atoms with Crippen LogP contribution in [0.2, 0.25) is 18.1 Å². The molecule has 4 atom stereocenters. The number of methoxy groups -OCH3 is 1. The Morgan fingerprint density at radius 3 is 2.30 bits per heavy atom. The maximum Gasteiger partial charge on any atom is 0.192 e. The summed E-state index contributed by atoms with van der Waals surface area (Å²) in [6.07, 6.45) is 4.39. The Hall–Kier alpha value is -0.423. The van der Waals surface area contributed by atoms with Crippen LogP contribution in [0.1, 0.15) is 34.6 Å². The molecule has 0 spiro atoms. The summed E-state index contributed by atoms with van der Waals surface area (Å²) in [7, 11) is -0.328. The first-order chi connectivity index (χ1) is 10.4. The monoisotopic (exact) mass is 342 g/mol. The van der Waals surface area contributed by atoms with Gasteiger partial charge in [0.25, 0.3) is 0 Å². The fourth-order valence-corrected chi connectivity index (χ4v) is 3.71. The molecule has 2 fully saturated rings. The summed E-state index contributed by atoms with van der Waals surface area (Å²) in [6, 6.07) is 0. The van der Waals surface area contributed by atoms with Crippen LogP contribution in [0.3, 0.4) is 0 Å². The third kappa shape index (κ3) is 3.23. The first-order valence-corrected chi connectivity index (χ1v) is 11.0. The maximum atomic E-state index is 6.28. The van der Waals surface area contributed by atoms with Gasteiger partial charge in [-0.1, -0.05) is 26.7 Å². The summed E-state index contributed by atoms with van der Waals surface area (Å²) in [5.74, 6) is 2.01. The molecule has 0 aromatic carbocycles. The van der Waals surface area contributed by atoms with E-state index >= 15 is 0 Å². The molecule has 2 aliphatic heterocycles. The van der Waals surface area contributed by atoms with Gasteiger partial charge in [-0.2, -0.15) is 0 Å². The lowest BCUT2D eigenvalue weighted by Gasteiger charge is -2.39. The van der Waals surface area contributed by atoms with E-state index in [1.807, 2.05) is 13.8 Å². The highest BCUT2D eigenvalue weighted by atomic mass is 28.4. The lowest BCUT2D eigenvalue weighted by Crippen LogP contribution is -2.53. The van der Waals surface area contributed by atoms with E-state index in [1.54, 1.807) is 7.11 Å². The Morgan fingerprint density at radius 2 is 1.83 bits per heavy atom. The highest BCUT2D eigenvalue weighted by Gasteiger charge is 2.64. The van der Waals surface area contributed by atoms with Crippen LogP contribution in [-0.4, -0.2) is 51.9 Å². The van der Waals surface area contributed by atoms with Crippen molar-refractivity contribution in [1.29, 1.82) is 0 Å². The molecular formula is C17H30O5Si. The van der Waals surface area contributed by atoms with Crippen molar-refractivity contribution in [3.05, 3.63) is 0 Å². The first-order valence-electron chi connectivity index (χ1n) is 8.06. The van der Waals surface area contributed by atoms with Gasteiger partial charge in [-0.15, -0.1) is 6.42 Å². The summed E-state index contributed by atoms with van der Waals surface area (Å²) < 4.78 is 29.7. The van der Waals surface area contributed by atoms with E-state index in [1.165, 1.54) is 0 Å². The van der Waals surface area contributed by atoms with Crippen molar-refractivity contribution in [1.82, 2.24) is 0 Å². The molecule has 2 rings (SSSR count). The van der Waals surface area contributed by atoms with Crippen LogP contribution >= 0.6 is 0 Å². The standard InChI is InChI=1S/C17H30O5Si/c1-10-17(18-7)12(11-19-23(8,9)15(2,3)4)20-14-13(17)21-16(5,6)22-14/h1,12-14H,11H2,2-9H3/t12-,13+,14-,17-/m1/s1. The van der Waals surface area contributed by atoms with Gasteiger partial charge in [0.2, 0.25) is 0 Å². The van der Waals surface area contributed by atoms with E-state index in [0.717, 1.165) is 0 Å². The molecule has 2 saturated heterocycles. The van der Waals surface area contributed by atoms with Gasteiger partial charge >= 0.3 is 0 Å². The van der Waals surface area contributed by atoms with Gasteiger partial charge in [-0.05, 0) is 32.0 Å². The molecule has 0 bridgehead atoms. The minimum atomic E-state index is -1.91. The van der Waals surface area contributed by atoms with E-state index in [4.69, 9.17) is 29.8 Å². The number of fused-ring (bicyclic) bond motifs is 1. The lowest BCUT2D eigenvalue weighted by molar-refractivity contribution is -0.228. The lowest BCUT2D eigenvalue weighted by atomic mass is 9.93. The van der Waals surface area contributed by atoms with Gasteiger partial charge in [0.1, 0.15) is 6.10 Å². The van der Waals surface area contributed by atoms with Crippen LogP contribution in [0.4, 0.5) is 0 Å². The molecule has 2 heterocycles. The van der Waals surface area contributed by atoms with Crippen LogP contribution in [0.5, 0.6) is 0 Å². The minimum Gasteiger partial charge on any atom is -0.414 e. The van der Waals surface area contributed by atoms with Crippen molar-refractivity contribution in [2.24, 2.45) is 0 Å². The van der Waals surface area contributed by atoms with Crippen LogP contribution in [0.25, 0.3) is 0 Å². The zero-order valence-electron chi connectivity index (χ0n) is 15.6. The fourth-order valence-electron chi connectivity index (χ4n) is 2.71. The predicted molar refractivity (Wildman–Crippen MR) is 90.4 cm³/mol. The Kier molecular flexibility index (Phi) is 4.80. The minimum absolute atomic E-state index is 0.113.